The van der Waals surface area contributed by atoms with E-state index in [1.165, 1.54) is 0 Å². The normalized spacial score (nSPS) is 30.2. The molecule has 1 heterocycles. The fourth-order valence-electron chi connectivity index (χ4n) is 1.94. The van der Waals surface area contributed by atoms with Crippen molar-refractivity contribution in [1.29, 1.82) is 0 Å². The van der Waals surface area contributed by atoms with Crippen molar-refractivity contribution in [3.05, 3.63) is 0 Å². The number of morpholine rings is 1. The van der Waals surface area contributed by atoms with Gasteiger partial charge in [0.15, 0.2) is 0 Å². The summed E-state index contributed by atoms with van der Waals surface area (Å²) < 4.78 is 10.9. The van der Waals surface area contributed by atoms with Gasteiger partial charge in [-0.3, -0.25) is 4.90 Å². The minimum atomic E-state index is -0.526. The lowest BCUT2D eigenvalue weighted by molar-refractivity contribution is -0.114. The van der Waals surface area contributed by atoms with E-state index in [1.54, 1.807) is 4.90 Å². The molecule has 5 heteroatoms. The molecule has 0 radical (unpaired) electrons. The number of hydrogen-bond donors (Lipinski definition) is 1. The Labute approximate surface area is 103 Å². The Balaban J connectivity index is 2.74. The third-order valence-corrected chi connectivity index (χ3v) is 2.66. The topological polar surface area (TPSA) is 59.0 Å². The fraction of sp³-hybridized carbons (Fsp3) is 0.917. The molecular formula is C12H23NO4. The van der Waals surface area contributed by atoms with E-state index in [-0.39, 0.29) is 24.9 Å². The lowest BCUT2D eigenvalue weighted by Gasteiger charge is -2.42. The van der Waals surface area contributed by atoms with Gasteiger partial charge in [0.05, 0.1) is 31.4 Å². The van der Waals surface area contributed by atoms with Crippen LogP contribution in [0.25, 0.3) is 0 Å². The smallest absolute Gasteiger partial charge is 0.410 e. The van der Waals surface area contributed by atoms with Crippen LogP contribution < -0.4 is 0 Å². The summed E-state index contributed by atoms with van der Waals surface area (Å²) in [4.78, 5) is 13.6. The lowest BCUT2D eigenvalue weighted by Crippen LogP contribution is -2.57. The van der Waals surface area contributed by atoms with Gasteiger partial charge in [0, 0.05) is 0 Å². The van der Waals surface area contributed by atoms with Crippen LogP contribution in [0.2, 0.25) is 0 Å². The molecule has 17 heavy (non-hydrogen) atoms. The van der Waals surface area contributed by atoms with Gasteiger partial charge in [-0.05, 0) is 34.6 Å². The molecule has 0 bridgehead atoms. The monoisotopic (exact) mass is 245 g/mol. The van der Waals surface area contributed by atoms with Gasteiger partial charge in [0.2, 0.25) is 0 Å². The highest BCUT2D eigenvalue weighted by Crippen LogP contribution is 2.20. The highest BCUT2D eigenvalue weighted by molar-refractivity contribution is 5.68. The van der Waals surface area contributed by atoms with Gasteiger partial charge < -0.3 is 14.6 Å². The minimum absolute atomic E-state index is 0.0414. The molecule has 5 nitrogen and oxygen atoms in total. The zero-order chi connectivity index (χ0) is 13.2. The van der Waals surface area contributed by atoms with Crippen molar-refractivity contribution in [3.8, 4) is 0 Å². The summed E-state index contributed by atoms with van der Waals surface area (Å²) in [7, 11) is 0. The summed E-state index contributed by atoms with van der Waals surface area (Å²) in [5, 5.41) is 9.34. The molecule has 1 aliphatic rings. The molecule has 1 fully saturated rings. The summed E-state index contributed by atoms with van der Waals surface area (Å²) >= 11 is 0. The molecular weight excluding hydrogens is 222 g/mol. The summed E-state index contributed by atoms with van der Waals surface area (Å²) in [5.74, 6) is 0. The molecule has 100 valence electrons. The maximum Gasteiger partial charge on any atom is 0.410 e. The van der Waals surface area contributed by atoms with Gasteiger partial charge in [-0.25, -0.2) is 4.79 Å². The van der Waals surface area contributed by atoms with Gasteiger partial charge >= 0.3 is 6.09 Å². The zero-order valence-electron chi connectivity index (χ0n) is 11.3. The van der Waals surface area contributed by atoms with Crippen molar-refractivity contribution in [3.63, 3.8) is 0 Å². The van der Waals surface area contributed by atoms with Crippen molar-refractivity contribution >= 4 is 6.09 Å². The highest BCUT2D eigenvalue weighted by atomic mass is 16.6. The second kappa shape index (κ2) is 5.23. The molecule has 0 saturated carbocycles. The van der Waals surface area contributed by atoms with Crippen molar-refractivity contribution in [2.24, 2.45) is 0 Å². The number of nitrogens with zero attached hydrogens (tertiary/aromatic N) is 1. The van der Waals surface area contributed by atoms with Crippen LogP contribution in [-0.4, -0.2) is 53.1 Å². The lowest BCUT2D eigenvalue weighted by atomic mass is 10.1. The highest BCUT2D eigenvalue weighted by Gasteiger charge is 2.37. The van der Waals surface area contributed by atoms with E-state index in [4.69, 9.17) is 9.47 Å². The second-order valence-electron chi connectivity index (χ2n) is 5.53. The predicted molar refractivity (Wildman–Crippen MR) is 63.8 cm³/mol. The Morgan fingerprint density at radius 2 is 2.06 bits per heavy atom. The molecule has 0 aromatic heterocycles. The quantitative estimate of drug-likeness (QED) is 0.758. The summed E-state index contributed by atoms with van der Waals surface area (Å²) in [5.41, 5.74) is -0.526. The first-order valence-electron chi connectivity index (χ1n) is 6.00. The Kier molecular flexibility index (Phi) is 4.38. The van der Waals surface area contributed by atoms with E-state index in [2.05, 4.69) is 0 Å². The van der Waals surface area contributed by atoms with Crippen molar-refractivity contribution < 1.29 is 19.4 Å². The molecule has 1 N–H and O–H groups in total. The SMILES string of the molecule is C[C@@H]1O[C@@H](C)CN(C(=O)OC(C)(C)C)[C@@H]1CO. The number of ether oxygens (including phenoxy) is 2. The molecule has 0 aromatic carbocycles. The number of hydrogen-bond acceptors (Lipinski definition) is 4. The van der Waals surface area contributed by atoms with Gasteiger partial charge in [0.1, 0.15) is 5.60 Å². The average molecular weight is 245 g/mol. The minimum Gasteiger partial charge on any atom is -0.444 e. The number of carbonyl (C=O) groups is 1. The number of rotatable bonds is 1. The number of amides is 1. The molecule has 0 unspecified atom stereocenters. The number of aliphatic hydroxyl groups is 1. The van der Waals surface area contributed by atoms with E-state index in [1.807, 2.05) is 34.6 Å². The second-order valence-corrected chi connectivity index (χ2v) is 5.53. The van der Waals surface area contributed by atoms with Crippen LogP contribution in [0.3, 0.4) is 0 Å². The summed E-state index contributed by atoms with van der Waals surface area (Å²) in [6.07, 6.45) is -0.616. The van der Waals surface area contributed by atoms with Gasteiger partial charge in [-0.15, -0.1) is 0 Å². The van der Waals surface area contributed by atoms with Crippen molar-refractivity contribution in [2.75, 3.05) is 13.2 Å². The van der Waals surface area contributed by atoms with Crippen molar-refractivity contribution in [1.82, 2.24) is 4.90 Å². The molecule has 1 amide bonds. The molecule has 0 aliphatic carbocycles. The number of carbonyl (C=O) groups excluding carboxylic acids is 1. The first-order chi connectivity index (χ1) is 7.74. The molecule has 0 spiro atoms. The molecule has 1 rings (SSSR count). The van der Waals surface area contributed by atoms with E-state index >= 15 is 0 Å². The Morgan fingerprint density at radius 3 is 2.53 bits per heavy atom. The first kappa shape index (κ1) is 14.3. The van der Waals surface area contributed by atoms with Gasteiger partial charge in [-0.2, -0.15) is 0 Å². The van der Waals surface area contributed by atoms with Crippen LogP contribution in [0.4, 0.5) is 4.79 Å². The van der Waals surface area contributed by atoms with E-state index in [9.17, 15) is 9.90 Å². The van der Waals surface area contributed by atoms with Crippen LogP contribution in [0.1, 0.15) is 34.6 Å². The Morgan fingerprint density at radius 1 is 1.47 bits per heavy atom. The standard InChI is InChI=1S/C12H23NO4/c1-8-6-13(10(7-14)9(2)16-8)11(15)17-12(3,4)5/h8-10,14H,6-7H2,1-5H3/t8-,9-,10+/m0/s1. The predicted octanol–water partition coefficient (Wildman–Crippen LogP) is 1.39. The fourth-order valence-corrected chi connectivity index (χ4v) is 1.94. The van der Waals surface area contributed by atoms with Crippen LogP contribution in [0.15, 0.2) is 0 Å². The maximum absolute atomic E-state index is 12.0. The maximum atomic E-state index is 12.0. The van der Waals surface area contributed by atoms with E-state index in [0.717, 1.165) is 0 Å². The third kappa shape index (κ3) is 3.85. The third-order valence-electron chi connectivity index (χ3n) is 2.66. The Bertz CT molecular complexity index is 274. The Hall–Kier alpha value is -0.810. The summed E-state index contributed by atoms with van der Waals surface area (Å²) in [6, 6.07) is -0.332. The molecule has 3 atom stereocenters. The number of aliphatic hydroxyl groups excluding tert-OH is 1. The average Bonchev–Trinajstić information content (AvgIpc) is 2.13. The largest absolute Gasteiger partial charge is 0.444 e. The van der Waals surface area contributed by atoms with Gasteiger partial charge in [-0.1, -0.05) is 0 Å². The first-order valence-corrected chi connectivity index (χ1v) is 6.00. The molecule has 0 aromatic rings. The van der Waals surface area contributed by atoms with E-state index < -0.39 is 11.7 Å². The van der Waals surface area contributed by atoms with Crippen LogP contribution >= 0.6 is 0 Å². The molecule has 1 saturated heterocycles. The zero-order valence-corrected chi connectivity index (χ0v) is 11.3. The summed E-state index contributed by atoms with van der Waals surface area (Å²) in [6.45, 7) is 9.57. The molecule has 1 aliphatic heterocycles. The van der Waals surface area contributed by atoms with Crippen LogP contribution in [0, 0.1) is 0 Å². The van der Waals surface area contributed by atoms with Crippen molar-refractivity contribution in [2.45, 2.75) is 58.5 Å². The van der Waals surface area contributed by atoms with Gasteiger partial charge in [0.25, 0.3) is 0 Å². The van der Waals surface area contributed by atoms with Crippen LogP contribution in [0.5, 0.6) is 0 Å². The van der Waals surface area contributed by atoms with Crippen LogP contribution in [-0.2, 0) is 9.47 Å². The van der Waals surface area contributed by atoms with E-state index in [0.29, 0.717) is 6.54 Å².